The maximum absolute atomic E-state index is 16.2. The lowest BCUT2D eigenvalue weighted by atomic mass is 9.96. The van der Waals surface area contributed by atoms with E-state index in [1.165, 1.54) is 24.3 Å². The first-order chi connectivity index (χ1) is 29.2. The van der Waals surface area contributed by atoms with Crippen molar-refractivity contribution in [2.45, 2.75) is 0 Å². The highest BCUT2D eigenvalue weighted by Crippen LogP contribution is 2.40. The molecule has 0 radical (unpaired) electrons. The molecule has 10 rings (SSSR count). The maximum atomic E-state index is 16.2. The summed E-state index contributed by atoms with van der Waals surface area (Å²) in [5.74, 6) is -1.44. The number of ketones is 2. The molecule has 6 aromatic carbocycles. The predicted molar refractivity (Wildman–Crippen MR) is 226 cm³/mol. The molecule has 0 aliphatic carbocycles. The number of Topliss-reactive ketones (excluding diaryl/α,β-unsaturated/α-hetero) is 2. The van der Waals surface area contributed by atoms with E-state index in [0.717, 1.165) is 0 Å². The van der Waals surface area contributed by atoms with Crippen molar-refractivity contribution in [2.75, 3.05) is 0 Å². The standard InChI is InChI=1S/C46H22B2F4N6O2/c49-47(50)57-41(27-13-3-1-4-14-27)37-38(44(57)32(24-54)40-46(60)36-30-18-10-8-12-26(30)20-22-34(36)56-40)42(28-15-5-2-6-16-28)58(48(51)52)43(37)31(23-53)39-45(59)35-29-17-9-7-11-25(29)19-21-33(35)55-39/h1-22H/b43-31-,44-32-. The molecule has 60 heavy (non-hydrogen) atoms. The molecule has 14 heteroatoms. The van der Waals surface area contributed by atoms with Gasteiger partial charge in [-0.2, -0.15) is 10.5 Å². The molecular formula is C46H22B2F4N6O2. The third-order valence-electron chi connectivity index (χ3n) is 11.0. The average Bonchev–Trinajstić information content (AvgIpc) is 4.00. The number of carbonyl (C=O) groups excluding carboxylic acids is 2. The van der Waals surface area contributed by atoms with Crippen LogP contribution in [0.5, 0.6) is 0 Å². The number of benzene rings is 6. The molecule has 0 bridgehead atoms. The number of hydrogen-bond acceptors (Lipinski definition) is 6. The Bertz CT molecular complexity index is 3280. The van der Waals surface area contributed by atoms with E-state index in [0.29, 0.717) is 30.5 Å². The number of aromatic nitrogens is 2. The van der Waals surface area contributed by atoms with Gasteiger partial charge in [-0.15, -0.1) is 0 Å². The summed E-state index contributed by atoms with van der Waals surface area (Å²) in [4.78, 5) is 38.0. The number of nitrogens with zero attached hydrogens (tertiary/aromatic N) is 6. The Hall–Kier alpha value is -8.09. The number of nitriles is 2. The van der Waals surface area contributed by atoms with E-state index in [1.807, 2.05) is 12.1 Å². The van der Waals surface area contributed by atoms with E-state index in [4.69, 9.17) is 0 Å². The van der Waals surface area contributed by atoms with Gasteiger partial charge in [-0.25, -0.2) is 9.98 Å². The van der Waals surface area contributed by atoms with Crippen molar-refractivity contribution < 1.29 is 26.9 Å². The lowest BCUT2D eigenvalue weighted by molar-refractivity contribution is 0.106. The maximum Gasteiger partial charge on any atom is 0.678 e. The first kappa shape index (κ1) is 36.3. The molecule has 0 amide bonds. The fraction of sp³-hybridized carbons (Fsp3) is 0. The van der Waals surface area contributed by atoms with Crippen molar-refractivity contribution in [1.82, 2.24) is 8.96 Å². The summed E-state index contributed by atoms with van der Waals surface area (Å²) in [6.07, 6.45) is 0. The van der Waals surface area contributed by atoms with Crippen LogP contribution < -0.4 is 10.7 Å². The van der Waals surface area contributed by atoms with E-state index < -0.39 is 59.6 Å². The largest absolute Gasteiger partial charge is 0.678 e. The van der Waals surface area contributed by atoms with Crippen LogP contribution in [-0.4, -0.2) is 46.7 Å². The van der Waals surface area contributed by atoms with E-state index in [9.17, 15) is 20.1 Å². The molecule has 0 N–H and O–H groups in total. The number of aliphatic imine (C=N–C) groups is 2. The molecule has 0 spiro atoms. The minimum absolute atomic E-state index is 0.110. The fourth-order valence-corrected chi connectivity index (χ4v) is 8.58. The van der Waals surface area contributed by atoms with Crippen molar-refractivity contribution in [2.24, 2.45) is 9.98 Å². The van der Waals surface area contributed by atoms with Gasteiger partial charge in [0.25, 0.3) is 0 Å². The summed E-state index contributed by atoms with van der Waals surface area (Å²) >= 11 is 0. The molecule has 2 aliphatic rings. The van der Waals surface area contributed by atoms with Gasteiger partial charge in [0.2, 0.25) is 11.6 Å². The molecule has 2 aliphatic heterocycles. The highest BCUT2D eigenvalue weighted by atomic mass is 19.2. The summed E-state index contributed by atoms with van der Waals surface area (Å²) < 4.78 is 65.7. The second-order valence-electron chi connectivity index (χ2n) is 14.1. The third kappa shape index (κ3) is 5.17. The molecule has 8 aromatic rings. The normalized spacial score (nSPS) is 14.1. The lowest BCUT2D eigenvalue weighted by Crippen LogP contribution is -2.34. The van der Waals surface area contributed by atoms with Crippen LogP contribution >= 0.6 is 0 Å². The Labute approximate surface area is 338 Å². The molecule has 0 atom stereocenters. The fourth-order valence-electron chi connectivity index (χ4n) is 8.58. The number of carbonyl (C=O) groups is 2. The molecule has 4 heterocycles. The number of halogens is 4. The van der Waals surface area contributed by atoms with Gasteiger partial charge in [0.05, 0.1) is 44.6 Å². The lowest BCUT2D eigenvalue weighted by Gasteiger charge is -2.13. The van der Waals surface area contributed by atoms with Crippen LogP contribution in [0, 0.1) is 22.7 Å². The van der Waals surface area contributed by atoms with Crippen LogP contribution in [0.2, 0.25) is 0 Å². The van der Waals surface area contributed by atoms with E-state index in [2.05, 4.69) is 9.98 Å². The summed E-state index contributed by atoms with van der Waals surface area (Å²) in [5, 5.41) is 22.8. The van der Waals surface area contributed by atoms with Gasteiger partial charge in [0, 0.05) is 10.8 Å². The van der Waals surface area contributed by atoms with Crippen molar-refractivity contribution >= 4 is 92.6 Å². The van der Waals surface area contributed by atoms with Gasteiger partial charge in [0.1, 0.15) is 34.7 Å². The molecule has 8 nitrogen and oxygen atoms in total. The van der Waals surface area contributed by atoms with Crippen molar-refractivity contribution in [3.05, 3.63) is 155 Å². The minimum Gasteiger partial charge on any atom is -0.323 e. The smallest absolute Gasteiger partial charge is 0.323 e. The number of hydrogen-bond donors (Lipinski definition) is 0. The number of rotatable bonds is 6. The zero-order valence-corrected chi connectivity index (χ0v) is 30.9. The van der Waals surface area contributed by atoms with Crippen LogP contribution in [0.15, 0.2) is 143 Å². The molecule has 0 unspecified atom stereocenters. The average molecular weight is 788 g/mol. The number of fused-ring (bicyclic) bond motifs is 7. The molecule has 282 valence electrons. The van der Waals surface area contributed by atoms with Crippen LogP contribution in [0.25, 0.3) is 66.0 Å². The quantitative estimate of drug-likeness (QED) is 0.124. The molecule has 0 saturated carbocycles. The minimum atomic E-state index is -3.44. The second kappa shape index (κ2) is 13.8. The zero-order chi connectivity index (χ0) is 41.4. The Balaban J connectivity index is 1.43. The topological polar surface area (TPSA) is 116 Å². The summed E-state index contributed by atoms with van der Waals surface area (Å²) in [6.45, 7) is 0. The van der Waals surface area contributed by atoms with Crippen molar-refractivity contribution in [1.29, 1.82) is 10.5 Å². The monoisotopic (exact) mass is 788 g/mol. The van der Waals surface area contributed by atoms with Crippen molar-refractivity contribution in [3.8, 4) is 34.7 Å². The van der Waals surface area contributed by atoms with Gasteiger partial charge in [-0.3, -0.25) is 26.9 Å². The van der Waals surface area contributed by atoms with Crippen LogP contribution in [0.4, 0.5) is 28.6 Å². The Morgan fingerprint density at radius 2 is 0.867 bits per heavy atom. The van der Waals surface area contributed by atoms with Gasteiger partial charge in [0.15, 0.2) is 0 Å². The summed E-state index contributed by atoms with van der Waals surface area (Å²) in [7, 11) is -6.87. The van der Waals surface area contributed by atoms with Gasteiger partial charge in [-0.05, 0) is 44.8 Å². The SMILES string of the molecule is N#C/C(C1=Nc2ccc3ccccc3c2C1=O)=c1\c2c(-c3ccccc3)n(B(F)F)/c(=C(/C#N)C3=Nc4ccc5ccccc5c4C3=O)c2c(-c2ccccc2)n1B(F)F. The first-order valence-corrected chi connectivity index (χ1v) is 18.6. The predicted octanol–water partition coefficient (Wildman–Crippen LogP) is 8.91. The molecule has 2 aromatic heterocycles. The summed E-state index contributed by atoms with van der Waals surface area (Å²) in [5.41, 5.74) is -1.87. The highest BCUT2D eigenvalue weighted by molar-refractivity contribution is 6.65. The third-order valence-corrected chi connectivity index (χ3v) is 11.0. The second-order valence-corrected chi connectivity index (χ2v) is 14.1. The molecule has 0 saturated heterocycles. The van der Waals surface area contributed by atoms with Crippen molar-refractivity contribution in [3.63, 3.8) is 0 Å². The van der Waals surface area contributed by atoms with Crippen LogP contribution in [0.3, 0.4) is 0 Å². The van der Waals surface area contributed by atoms with E-state index in [-0.39, 0.29) is 55.8 Å². The Morgan fingerprint density at radius 1 is 0.500 bits per heavy atom. The first-order valence-electron chi connectivity index (χ1n) is 18.6. The van der Waals surface area contributed by atoms with Gasteiger partial charge in [-0.1, -0.05) is 121 Å². The van der Waals surface area contributed by atoms with Gasteiger partial charge >= 0.3 is 14.8 Å². The Morgan fingerprint density at radius 3 is 1.23 bits per heavy atom. The zero-order valence-electron chi connectivity index (χ0n) is 30.9. The van der Waals surface area contributed by atoms with E-state index in [1.54, 1.807) is 109 Å². The Kier molecular flexibility index (Phi) is 8.33. The van der Waals surface area contributed by atoms with Crippen LogP contribution in [0.1, 0.15) is 20.7 Å². The molecule has 0 fully saturated rings. The van der Waals surface area contributed by atoms with Gasteiger partial charge < -0.3 is 8.96 Å². The summed E-state index contributed by atoms with van der Waals surface area (Å²) in [6, 6.07) is 40.1. The van der Waals surface area contributed by atoms with E-state index >= 15 is 17.3 Å². The highest BCUT2D eigenvalue weighted by Gasteiger charge is 2.40. The molecular weight excluding hydrogens is 766 g/mol. The van der Waals surface area contributed by atoms with Crippen LogP contribution in [-0.2, 0) is 0 Å².